The molecular formula is C12H11ClFNO3. The molecule has 1 saturated heterocycles. The molecule has 18 heavy (non-hydrogen) atoms. The first kappa shape index (κ1) is 12.8. The van der Waals surface area contributed by atoms with Crippen molar-refractivity contribution in [3.63, 3.8) is 0 Å². The van der Waals surface area contributed by atoms with Gasteiger partial charge in [0.15, 0.2) is 0 Å². The molecule has 2 rings (SSSR count). The number of halogens is 2. The van der Waals surface area contributed by atoms with Gasteiger partial charge >= 0.3 is 5.97 Å². The Hall–Kier alpha value is -1.62. The second kappa shape index (κ2) is 4.94. The summed E-state index contributed by atoms with van der Waals surface area (Å²) in [5, 5.41) is 8.92. The Bertz CT molecular complexity index is 506. The smallest absolute Gasteiger partial charge is 0.326 e. The van der Waals surface area contributed by atoms with Crippen LogP contribution in [0.3, 0.4) is 0 Å². The highest BCUT2D eigenvalue weighted by molar-refractivity contribution is 6.30. The molecule has 1 aliphatic rings. The zero-order valence-corrected chi connectivity index (χ0v) is 10.2. The number of hydrogen-bond donors (Lipinski definition) is 1. The topological polar surface area (TPSA) is 57.6 Å². The molecule has 0 aliphatic carbocycles. The molecule has 0 bridgehead atoms. The molecule has 1 fully saturated rings. The zero-order valence-electron chi connectivity index (χ0n) is 9.40. The summed E-state index contributed by atoms with van der Waals surface area (Å²) in [6, 6.07) is 2.89. The fraction of sp³-hybridized carbons (Fsp3) is 0.333. The standard InChI is InChI=1S/C12H11ClFNO3/c13-8-4-3-7(6-9(8)14)11(16)15-5-1-2-10(15)12(17)18/h3-4,6,10H,1-2,5H2,(H,17,18)/t10-/m1/s1. The Morgan fingerprint density at radius 1 is 1.44 bits per heavy atom. The first-order valence-electron chi connectivity index (χ1n) is 5.49. The van der Waals surface area contributed by atoms with Gasteiger partial charge < -0.3 is 10.0 Å². The molecule has 1 atom stereocenters. The van der Waals surface area contributed by atoms with E-state index in [0.717, 1.165) is 6.07 Å². The van der Waals surface area contributed by atoms with Crippen LogP contribution in [0.25, 0.3) is 0 Å². The van der Waals surface area contributed by atoms with Gasteiger partial charge in [0.25, 0.3) is 5.91 Å². The monoisotopic (exact) mass is 271 g/mol. The van der Waals surface area contributed by atoms with Gasteiger partial charge in [-0.1, -0.05) is 11.6 Å². The maximum atomic E-state index is 13.3. The van der Waals surface area contributed by atoms with Crippen LogP contribution in [-0.2, 0) is 4.79 Å². The van der Waals surface area contributed by atoms with E-state index < -0.39 is 23.7 Å². The number of carboxylic acids is 1. The summed E-state index contributed by atoms with van der Waals surface area (Å²) in [6.07, 6.45) is 1.07. The van der Waals surface area contributed by atoms with E-state index in [2.05, 4.69) is 0 Å². The van der Waals surface area contributed by atoms with Gasteiger partial charge in [-0.25, -0.2) is 9.18 Å². The van der Waals surface area contributed by atoms with Crippen LogP contribution < -0.4 is 0 Å². The van der Waals surface area contributed by atoms with Gasteiger partial charge in [-0.3, -0.25) is 4.79 Å². The molecular weight excluding hydrogens is 261 g/mol. The highest BCUT2D eigenvalue weighted by Gasteiger charge is 2.34. The highest BCUT2D eigenvalue weighted by Crippen LogP contribution is 2.22. The molecule has 6 heteroatoms. The van der Waals surface area contributed by atoms with Crippen molar-refractivity contribution in [3.8, 4) is 0 Å². The summed E-state index contributed by atoms with van der Waals surface area (Å²) in [5.41, 5.74) is 0.116. The fourth-order valence-corrected chi connectivity index (χ4v) is 2.18. The molecule has 1 heterocycles. The number of rotatable bonds is 2. The first-order valence-corrected chi connectivity index (χ1v) is 5.87. The van der Waals surface area contributed by atoms with Crippen molar-refractivity contribution in [1.82, 2.24) is 4.90 Å². The summed E-state index contributed by atoms with van der Waals surface area (Å²) >= 11 is 5.53. The minimum absolute atomic E-state index is 0.0669. The largest absolute Gasteiger partial charge is 0.480 e. The molecule has 96 valence electrons. The van der Waals surface area contributed by atoms with Crippen molar-refractivity contribution in [2.75, 3.05) is 6.54 Å². The molecule has 0 unspecified atom stereocenters. The van der Waals surface area contributed by atoms with Crippen molar-refractivity contribution in [1.29, 1.82) is 0 Å². The van der Waals surface area contributed by atoms with Gasteiger partial charge in [0.2, 0.25) is 0 Å². The third-order valence-electron chi connectivity index (χ3n) is 2.97. The minimum Gasteiger partial charge on any atom is -0.480 e. The van der Waals surface area contributed by atoms with Gasteiger partial charge in [0.1, 0.15) is 11.9 Å². The number of nitrogens with zero attached hydrogens (tertiary/aromatic N) is 1. The van der Waals surface area contributed by atoms with Crippen LogP contribution in [0.15, 0.2) is 18.2 Å². The van der Waals surface area contributed by atoms with Gasteiger partial charge in [0.05, 0.1) is 5.02 Å². The SMILES string of the molecule is O=C(O)[C@H]1CCCN1C(=O)c1ccc(Cl)c(F)c1. The molecule has 0 aromatic heterocycles. The summed E-state index contributed by atoms with van der Waals surface area (Å²) in [6.45, 7) is 0.375. The van der Waals surface area contributed by atoms with Gasteiger partial charge in [-0.2, -0.15) is 0 Å². The molecule has 4 nitrogen and oxygen atoms in total. The second-order valence-electron chi connectivity index (χ2n) is 4.12. The van der Waals surface area contributed by atoms with Crippen LogP contribution in [0.5, 0.6) is 0 Å². The average molecular weight is 272 g/mol. The Balaban J connectivity index is 2.25. The molecule has 1 N–H and O–H groups in total. The molecule has 0 spiro atoms. The van der Waals surface area contributed by atoms with Gasteiger partial charge in [-0.05, 0) is 31.0 Å². The third-order valence-corrected chi connectivity index (χ3v) is 3.27. The number of carbonyl (C=O) groups is 2. The maximum absolute atomic E-state index is 13.3. The summed E-state index contributed by atoms with van der Waals surface area (Å²) < 4.78 is 13.3. The van der Waals surface area contributed by atoms with Crippen LogP contribution in [0.2, 0.25) is 5.02 Å². The summed E-state index contributed by atoms with van der Waals surface area (Å²) in [7, 11) is 0. The number of benzene rings is 1. The van der Waals surface area contributed by atoms with E-state index in [9.17, 15) is 14.0 Å². The minimum atomic E-state index is -1.03. The number of hydrogen-bond acceptors (Lipinski definition) is 2. The van der Waals surface area contributed by atoms with Gasteiger partial charge in [-0.15, -0.1) is 0 Å². The molecule has 1 aliphatic heterocycles. The fourth-order valence-electron chi connectivity index (χ4n) is 2.06. The zero-order chi connectivity index (χ0) is 13.3. The first-order chi connectivity index (χ1) is 8.50. The molecule has 1 amide bonds. The Morgan fingerprint density at radius 2 is 2.17 bits per heavy atom. The molecule has 0 saturated carbocycles. The number of amides is 1. The Kier molecular flexibility index (Phi) is 3.52. The van der Waals surface area contributed by atoms with Crippen molar-refractivity contribution in [2.45, 2.75) is 18.9 Å². The molecule has 0 radical (unpaired) electrons. The van der Waals surface area contributed by atoms with Crippen LogP contribution in [0.4, 0.5) is 4.39 Å². The lowest BCUT2D eigenvalue weighted by Crippen LogP contribution is -2.40. The summed E-state index contributed by atoms with van der Waals surface area (Å²) in [5.74, 6) is -2.20. The van der Waals surface area contributed by atoms with Crippen molar-refractivity contribution in [3.05, 3.63) is 34.6 Å². The van der Waals surface area contributed by atoms with Gasteiger partial charge in [0, 0.05) is 12.1 Å². The van der Waals surface area contributed by atoms with Crippen LogP contribution in [0, 0.1) is 5.82 Å². The van der Waals surface area contributed by atoms with E-state index in [1.54, 1.807) is 0 Å². The number of carbonyl (C=O) groups excluding carboxylic acids is 1. The number of likely N-dealkylation sites (tertiary alicyclic amines) is 1. The predicted molar refractivity (Wildman–Crippen MR) is 63.1 cm³/mol. The Labute approximate surface area is 108 Å². The lowest BCUT2D eigenvalue weighted by Gasteiger charge is -2.21. The van der Waals surface area contributed by atoms with Crippen LogP contribution >= 0.6 is 11.6 Å². The van der Waals surface area contributed by atoms with Crippen LogP contribution in [0.1, 0.15) is 23.2 Å². The Morgan fingerprint density at radius 3 is 2.78 bits per heavy atom. The lowest BCUT2D eigenvalue weighted by molar-refractivity contribution is -0.141. The number of carboxylic acid groups (broad SMARTS) is 1. The van der Waals surface area contributed by atoms with E-state index >= 15 is 0 Å². The number of aliphatic carboxylic acids is 1. The maximum Gasteiger partial charge on any atom is 0.326 e. The quantitative estimate of drug-likeness (QED) is 0.897. The van der Waals surface area contributed by atoms with Crippen molar-refractivity contribution in [2.24, 2.45) is 0 Å². The van der Waals surface area contributed by atoms with Crippen molar-refractivity contribution >= 4 is 23.5 Å². The molecule has 1 aromatic carbocycles. The van der Waals surface area contributed by atoms with Crippen molar-refractivity contribution < 1.29 is 19.1 Å². The molecule has 1 aromatic rings. The van der Waals surface area contributed by atoms with E-state index in [1.807, 2.05) is 0 Å². The second-order valence-corrected chi connectivity index (χ2v) is 4.53. The van der Waals surface area contributed by atoms with Crippen LogP contribution in [-0.4, -0.2) is 34.5 Å². The normalized spacial score (nSPS) is 19.0. The van der Waals surface area contributed by atoms with E-state index in [-0.39, 0.29) is 10.6 Å². The average Bonchev–Trinajstić information content (AvgIpc) is 2.81. The van der Waals surface area contributed by atoms with E-state index in [1.165, 1.54) is 17.0 Å². The predicted octanol–water partition coefficient (Wildman–Crippen LogP) is 2.17. The lowest BCUT2D eigenvalue weighted by atomic mass is 10.1. The third kappa shape index (κ3) is 2.31. The van der Waals surface area contributed by atoms with E-state index in [4.69, 9.17) is 16.7 Å². The van der Waals surface area contributed by atoms with E-state index in [0.29, 0.717) is 19.4 Å². The summed E-state index contributed by atoms with van der Waals surface area (Å²) in [4.78, 5) is 24.3. The highest BCUT2D eigenvalue weighted by atomic mass is 35.5.